The van der Waals surface area contributed by atoms with Crippen LogP contribution in [0.2, 0.25) is 5.02 Å². The predicted octanol–water partition coefficient (Wildman–Crippen LogP) is 3.47. The highest BCUT2D eigenvalue weighted by Gasteiger charge is 2.26. The molecule has 1 saturated heterocycles. The van der Waals surface area contributed by atoms with E-state index in [1.807, 2.05) is 49.1 Å². The van der Waals surface area contributed by atoms with Crippen LogP contribution in [0.3, 0.4) is 0 Å². The van der Waals surface area contributed by atoms with Crippen molar-refractivity contribution in [2.75, 3.05) is 32.7 Å². The molecule has 28 heavy (non-hydrogen) atoms. The molecule has 3 heterocycles. The molecule has 0 radical (unpaired) electrons. The molecule has 1 fully saturated rings. The predicted molar refractivity (Wildman–Crippen MR) is 111 cm³/mol. The van der Waals surface area contributed by atoms with Gasteiger partial charge in [0.05, 0.1) is 27.4 Å². The lowest BCUT2D eigenvalue weighted by molar-refractivity contribution is 0.0645. The van der Waals surface area contributed by atoms with Crippen molar-refractivity contribution in [1.29, 1.82) is 0 Å². The van der Waals surface area contributed by atoms with Gasteiger partial charge in [-0.1, -0.05) is 30.7 Å². The largest absolute Gasteiger partial charge is 0.336 e. The molecular formula is C21H24ClN5O. The summed E-state index contributed by atoms with van der Waals surface area (Å²) >= 11 is 6.39. The maximum atomic E-state index is 13.3. The van der Waals surface area contributed by atoms with Crippen LogP contribution in [-0.4, -0.2) is 63.2 Å². The fourth-order valence-corrected chi connectivity index (χ4v) is 4.03. The summed E-state index contributed by atoms with van der Waals surface area (Å²) in [6.07, 6.45) is 0. The van der Waals surface area contributed by atoms with E-state index in [1.165, 1.54) is 0 Å². The minimum Gasteiger partial charge on any atom is -0.336 e. The second-order valence-electron chi connectivity index (χ2n) is 7.18. The summed E-state index contributed by atoms with van der Waals surface area (Å²) in [5.74, 6) is 0.0491. The molecule has 1 aliphatic rings. The van der Waals surface area contributed by atoms with Crippen LogP contribution in [0.1, 0.15) is 28.7 Å². The molecule has 1 amide bonds. The SMILES string of the molecule is CCN1CCN(C(=O)c2cc(C)nc3c2c(C)nn3-c2ccccc2Cl)CC1. The molecule has 0 saturated carbocycles. The van der Waals surface area contributed by atoms with Crippen LogP contribution >= 0.6 is 11.6 Å². The van der Waals surface area contributed by atoms with Crippen LogP contribution in [-0.2, 0) is 0 Å². The number of pyridine rings is 1. The first-order valence-corrected chi connectivity index (χ1v) is 10.0. The van der Waals surface area contributed by atoms with Gasteiger partial charge in [0.2, 0.25) is 0 Å². The molecule has 0 N–H and O–H groups in total. The fourth-order valence-electron chi connectivity index (χ4n) is 3.81. The monoisotopic (exact) mass is 397 g/mol. The molecule has 7 heteroatoms. The number of fused-ring (bicyclic) bond motifs is 1. The normalized spacial score (nSPS) is 15.4. The average Bonchev–Trinajstić information content (AvgIpc) is 3.03. The van der Waals surface area contributed by atoms with E-state index in [1.54, 1.807) is 4.68 Å². The number of amides is 1. The number of hydrogen-bond donors (Lipinski definition) is 0. The highest BCUT2D eigenvalue weighted by molar-refractivity contribution is 6.32. The van der Waals surface area contributed by atoms with Crippen molar-refractivity contribution in [3.63, 3.8) is 0 Å². The van der Waals surface area contributed by atoms with Crippen LogP contribution in [0.5, 0.6) is 0 Å². The number of halogens is 1. The first kappa shape index (κ1) is 18.9. The van der Waals surface area contributed by atoms with Gasteiger partial charge in [-0.15, -0.1) is 0 Å². The Morgan fingerprint density at radius 3 is 2.54 bits per heavy atom. The molecular weight excluding hydrogens is 374 g/mol. The molecule has 1 aromatic carbocycles. The lowest BCUT2D eigenvalue weighted by Crippen LogP contribution is -2.48. The number of piperazine rings is 1. The van der Waals surface area contributed by atoms with E-state index in [9.17, 15) is 4.79 Å². The number of carbonyl (C=O) groups excluding carboxylic acids is 1. The second kappa shape index (κ2) is 7.53. The van der Waals surface area contributed by atoms with E-state index in [0.29, 0.717) is 16.2 Å². The van der Waals surface area contributed by atoms with E-state index in [4.69, 9.17) is 16.6 Å². The molecule has 146 valence electrons. The van der Waals surface area contributed by atoms with Gasteiger partial charge in [-0.3, -0.25) is 4.79 Å². The van der Waals surface area contributed by atoms with E-state index < -0.39 is 0 Å². The van der Waals surface area contributed by atoms with Crippen molar-refractivity contribution >= 4 is 28.5 Å². The lowest BCUT2D eigenvalue weighted by atomic mass is 10.1. The molecule has 0 spiro atoms. The number of para-hydroxylation sites is 1. The van der Waals surface area contributed by atoms with Gasteiger partial charge in [-0.25, -0.2) is 9.67 Å². The molecule has 3 aromatic rings. The van der Waals surface area contributed by atoms with Crippen molar-refractivity contribution in [3.05, 3.63) is 52.3 Å². The molecule has 6 nitrogen and oxygen atoms in total. The van der Waals surface area contributed by atoms with Crippen molar-refractivity contribution in [3.8, 4) is 5.69 Å². The number of carbonyl (C=O) groups is 1. The summed E-state index contributed by atoms with van der Waals surface area (Å²) < 4.78 is 1.74. The number of likely N-dealkylation sites (N-methyl/N-ethyl adjacent to an activating group) is 1. The molecule has 0 bridgehead atoms. The first-order valence-electron chi connectivity index (χ1n) is 9.63. The Kier molecular flexibility index (Phi) is 5.08. The Morgan fingerprint density at radius 2 is 1.86 bits per heavy atom. The highest BCUT2D eigenvalue weighted by atomic mass is 35.5. The Labute approximate surface area is 169 Å². The number of hydrogen-bond acceptors (Lipinski definition) is 4. The van der Waals surface area contributed by atoms with Gasteiger partial charge in [0.15, 0.2) is 5.65 Å². The number of benzene rings is 1. The average molecular weight is 398 g/mol. The van der Waals surface area contributed by atoms with E-state index in [2.05, 4.69) is 16.9 Å². The van der Waals surface area contributed by atoms with Crippen LogP contribution < -0.4 is 0 Å². The Hall–Kier alpha value is -2.44. The molecule has 0 unspecified atom stereocenters. The summed E-state index contributed by atoms with van der Waals surface area (Å²) in [5.41, 5.74) is 3.66. The van der Waals surface area contributed by atoms with Crippen LogP contribution in [0, 0.1) is 13.8 Å². The Bertz CT molecular complexity index is 1040. The number of aromatic nitrogens is 3. The van der Waals surface area contributed by atoms with Crippen molar-refractivity contribution < 1.29 is 4.79 Å². The van der Waals surface area contributed by atoms with Gasteiger partial charge in [0, 0.05) is 31.9 Å². The topological polar surface area (TPSA) is 54.3 Å². The van der Waals surface area contributed by atoms with Gasteiger partial charge < -0.3 is 9.80 Å². The molecule has 1 aliphatic heterocycles. The summed E-state index contributed by atoms with van der Waals surface area (Å²) in [6, 6.07) is 9.41. The molecule has 0 aliphatic carbocycles. The van der Waals surface area contributed by atoms with Gasteiger partial charge >= 0.3 is 0 Å². The van der Waals surface area contributed by atoms with Crippen LogP contribution in [0.25, 0.3) is 16.7 Å². The van der Waals surface area contributed by atoms with Gasteiger partial charge in [0.25, 0.3) is 5.91 Å². The third-order valence-corrected chi connectivity index (χ3v) is 5.68. The third kappa shape index (κ3) is 3.27. The van der Waals surface area contributed by atoms with Gasteiger partial charge in [-0.05, 0) is 38.6 Å². The summed E-state index contributed by atoms with van der Waals surface area (Å²) in [7, 11) is 0. The molecule has 4 rings (SSSR count). The molecule has 0 atom stereocenters. The van der Waals surface area contributed by atoms with Gasteiger partial charge in [0.1, 0.15) is 0 Å². The summed E-state index contributed by atoms with van der Waals surface area (Å²) in [4.78, 5) is 22.3. The van der Waals surface area contributed by atoms with E-state index in [0.717, 1.165) is 55.2 Å². The summed E-state index contributed by atoms with van der Waals surface area (Å²) in [6.45, 7) is 10.3. The van der Waals surface area contributed by atoms with Gasteiger partial charge in [-0.2, -0.15) is 5.10 Å². The van der Waals surface area contributed by atoms with E-state index >= 15 is 0 Å². The van der Waals surface area contributed by atoms with Crippen LogP contribution in [0.4, 0.5) is 0 Å². The Morgan fingerprint density at radius 1 is 1.14 bits per heavy atom. The molecule has 2 aromatic heterocycles. The number of nitrogens with zero attached hydrogens (tertiary/aromatic N) is 5. The first-order chi connectivity index (χ1) is 13.5. The Balaban J connectivity index is 1.80. The lowest BCUT2D eigenvalue weighted by Gasteiger charge is -2.34. The number of aryl methyl sites for hydroxylation is 2. The quantitative estimate of drug-likeness (QED) is 0.679. The minimum absolute atomic E-state index is 0.0491. The zero-order valence-electron chi connectivity index (χ0n) is 16.4. The standard InChI is InChI=1S/C21H24ClN5O/c1-4-25-9-11-26(12-10-25)21(28)16-13-14(2)23-20-19(16)15(3)24-27(20)18-8-6-5-7-17(18)22/h5-8,13H,4,9-12H2,1-3H3. The maximum Gasteiger partial charge on any atom is 0.254 e. The minimum atomic E-state index is 0.0491. The number of rotatable bonds is 3. The third-order valence-electron chi connectivity index (χ3n) is 5.36. The van der Waals surface area contributed by atoms with Crippen molar-refractivity contribution in [2.45, 2.75) is 20.8 Å². The summed E-state index contributed by atoms with van der Waals surface area (Å²) in [5, 5.41) is 6.06. The maximum absolute atomic E-state index is 13.3. The zero-order chi connectivity index (χ0) is 19.8. The fraction of sp³-hybridized carbons (Fsp3) is 0.381. The van der Waals surface area contributed by atoms with Crippen molar-refractivity contribution in [2.24, 2.45) is 0 Å². The highest BCUT2D eigenvalue weighted by Crippen LogP contribution is 2.28. The zero-order valence-corrected chi connectivity index (χ0v) is 17.2. The van der Waals surface area contributed by atoms with Crippen LogP contribution in [0.15, 0.2) is 30.3 Å². The van der Waals surface area contributed by atoms with E-state index in [-0.39, 0.29) is 5.91 Å². The smallest absolute Gasteiger partial charge is 0.254 e. The second-order valence-corrected chi connectivity index (χ2v) is 7.59. The van der Waals surface area contributed by atoms with Crippen molar-refractivity contribution in [1.82, 2.24) is 24.6 Å².